The molecule has 0 bridgehead atoms. The smallest absolute Gasteiger partial charge is 0.134 e. The summed E-state index contributed by atoms with van der Waals surface area (Å²) in [6.07, 6.45) is 2.78. The van der Waals surface area contributed by atoms with E-state index in [2.05, 4.69) is 52.8 Å². The molecule has 4 rings (SSSR count). The maximum absolute atomic E-state index is 8.86. The summed E-state index contributed by atoms with van der Waals surface area (Å²) in [6.45, 7) is 0.971. The van der Waals surface area contributed by atoms with E-state index in [4.69, 9.17) is 10.00 Å². The summed E-state index contributed by atoms with van der Waals surface area (Å²) in [5.41, 5.74) is 5.02. The Balaban J connectivity index is 1.30. The molecule has 0 unspecified atom stereocenters. The summed E-state index contributed by atoms with van der Waals surface area (Å²) >= 11 is 0. The molecule has 0 amide bonds. The number of ether oxygens (including phenoxy) is 1. The lowest BCUT2D eigenvalue weighted by molar-refractivity contribution is 0.301. The number of nitrogens with zero attached hydrogens (tertiary/aromatic N) is 4. The van der Waals surface area contributed by atoms with Crippen molar-refractivity contribution < 1.29 is 4.74 Å². The van der Waals surface area contributed by atoms with E-state index in [1.807, 2.05) is 36.5 Å². The summed E-state index contributed by atoms with van der Waals surface area (Å²) in [6, 6.07) is 28.1. The van der Waals surface area contributed by atoms with Crippen molar-refractivity contribution in [2.75, 3.05) is 0 Å². The maximum atomic E-state index is 8.86. The molecule has 29 heavy (non-hydrogen) atoms. The van der Waals surface area contributed by atoms with Gasteiger partial charge in [-0.15, -0.1) is 5.10 Å². The lowest BCUT2D eigenvalue weighted by atomic mass is 10.1. The Kier molecular flexibility index (Phi) is 5.63. The Morgan fingerprint density at radius 1 is 0.828 bits per heavy atom. The summed E-state index contributed by atoms with van der Waals surface area (Å²) in [4.78, 5) is 0. The van der Waals surface area contributed by atoms with Crippen molar-refractivity contribution in [1.29, 1.82) is 5.26 Å². The maximum Gasteiger partial charge on any atom is 0.134 e. The van der Waals surface area contributed by atoms with Crippen molar-refractivity contribution in [3.05, 3.63) is 113 Å². The first-order valence-electron chi connectivity index (χ1n) is 9.42. The number of hydrogen-bond donors (Lipinski definition) is 0. The van der Waals surface area contributed by atoms with Gasteiger partial charge in [0.2, 0.25) is 0 Å². The Bertz CT molecular complexity index is 1090. The fraction of sp³-hybridized carbons (Fsp3) is 0.125. The quantitative estimate of drug-likeness (QED) is 0.478. The molecule has 5 heteroatoms. The highest BCUT2D eigenvalue weighted by Gasteiger charge is 2.04. The minimum atomic E-state index is 0.366. The Morgan fingerprint density at radius 2 is 1.52 bits per heavy atom. The average Bonchev–Trinajstić information content (AvgIpc) is 3.22. The van der Waals surface area contributed by atoms with E-state index in [1.54, 1.807) is 16.8 Å². The zero-order valence-corrected chi connectivity index (χ0v) is 15.9. The standard InChI is InChI=1S/C24H20N4O/c25-15-21-6-8-22(9-7-21)16-28-17-23(26-27-28)18-29-24-12-10-20(11-13-24)14-19-4-2-1-3-5-19/h1-13,17H,14,16,18H2. The van der Waals surface area contributed by atoms with Crippen LogP contribution >= 0.6 is 0 Å². The number of benzene rings is 3. The van der Waals surface area contributed by atoms with Crippen molar-refractivity contribution >= 4 is 0 Å². The van der Waals surface area contributed by atoms with Crippen LogP contribution < -0.4 is 4.74 Å². The molecule has 0 radical (unpaired) electrons. The summed E-state index contributed by atoms with van der Waals surface area (Å²) < 4.78 is 7.61. The molecule has 0 saturated carbocycles. The van der Waals surface area contributed by atoms with Gasteiger partial charge in [0, 0.05) is 0 Å². The van der Waals surface area contributed by atoms with Gasteiger partial charge in [-0.05, 0) is 47.4 Å². The second-order valence-electron chi connectivity index (χ2n) is 6.81. The molecule has 0 aliphatic rings. The van der Waals surface area contributed by atoms with Crippen LogP contribution in [0, 0.1) is 11.3 Å². The molecule has 0 spiro atoms. The van der Waals surface area contributed by atoms with Gasteiger partial charge in [-0.25, -0.2) is 4.68 Å². The largest absolute Gasteiger partial charge is 0.487 e. The van der Waals surface area contributed by atoms with Gasteiger partial charge in [0.1, 0.15) is 18.1 Å². The predicted molar refractivity (Wildman–Crippen MR) is 110 cm³/mol. The third-order valence-electron chi connectivity index (χ3n) is 4.57. The highest BCUT2D eigenvalue weighted by atomic mass is 16.5. The molecule has 5 nitrogen and oxygen atoms in total. The van der Waals surface area contributed by atoms with Crippen molar-refractivity contribution in [3.63, 3.8) is 0 Å². The zero-order chi connectivity index (χ0) is 19.9. The van der Waals surface area contributed by atoms with Crippen molar-refractivity contribution in [3.8, 4) is 11.8 Å². The molecule has 3 aromatic carbocycles. The fourth-order valence-corrected chi connectivity index (χ4v) is 3.05. The van der Waals surface area contributed by atoms with E-state index >= 15 is 0 Å². The first-order chi connectivity index (χ1) is 14.3. The Morgan fingerprint density at radius 3 is 2.24 bits per heavy atom. The first kappa shape index (κ1) is 18.5. The van der Waals surface area contributed by atoms with Crippen molar-refractivity contribution in [2.24, 2.45) is 0 Å². The van der Waals surface area contributed by atoms with Gasteiger partial charge in [0.15, 0.2) is 0 Å². The number of hydrogen-bond acceptors (Lipinski definition) is 4. The van der Waals surface area contributed by atoms with E-state index < -0.39 is 0 Å². The van der Waals surface area contributed by atoms with Crippen LogP contribution in [0.15, 0.2) is 85.1 Å². The third-order valence-corrected chi connectivity index (χ3v) is 4.57. The lowest BCUT2D eigenvalue weighted by Gasteiger charge is -2.06. The van der Waals surface area contributed by atoms with Crippen LogP contribution in [0.1, 0.15) is 27.9 Å². The van der Waals surface area contributed by atoms with Crippen LogP contribution in [-0.4, -0.2) is 15.0 Å². The lowest BCUT2D eigenvalue weighted by Crippen LogP contribution is -2.00. The van der Waals surface area contributed by atoms with Gasteiger partial charge in [-0.1, -0.05) is 59.8 Å². The van der Waals surface area contributed by atoms with Crippen LogP contribution in [0.5, 0.6) is 5.75 Å². The first-order valence-corrected chi connectivity index (χ1v) is 9.42. The summed E-state index contributed by atoms with van der Waals surface area (Å²) in [5.74, 6) is 0.809. The Hall–Kier alpha value is -3.91. The van der Waals surface area contributed by atoms with E-state index in [9.17, 15) is 0 Å². The minimum Gasteiger partial charge on any atom is -0.487 e. The highest BCUT2D eigenvalue weighted by Crippen LogP contribution is 2.16. The fourth-order valence-electron chi connectivity index (χ4n) is 3.05. The highest BCUT2D eigenvalue weighted by molar-refractivity contribution is 5.32. The van der Waals surface area contributed by atoms with E-state index in [0.717, 1.165) is 23.4 Å². The van der Waals surface area contributed by atoms with Crippen LogP contribution in [0.4, 0.5) is 0 Å². The summed E-state index contributed by atoms with van der Waals surface area (Å²) in [5, 5.41) is 17.2. The third kappa shape index (κ3) is 5.08. The van der Waals surface area contributed by atoms with Crippen LogP contribution in [0.2, 0.25) is 0 Å². The van der Waals surface area contributed by atoms with Gasteiger partial charge in [0.05, 0.1) is 24.4 Å². The van der Waals surface area contributed by atoms with Crippen LogP contribution in [0.25, 0.3) is 0 Å². The molecule has 0 saturated heterocycles. The van der Waals surface area contributed by atoms with Gasteiger partial charge < -0.3 is 4.74 Å². The number of aromatic nitrogens is 3. The zero-order valence-electron chi connectivity index (χ0n) is 15.9. The van der Waals surface area contributed by atoms with Gasteiger partial charge in [-0.3, -0.25) is 0 Å². The minimum absolute atomic E-state index is 0.366. The van der Waals surface area contributed by atoms with Gasteiger partial charge in [-0.2, -0.15) is 5.26 Å². The summed E-state index contributed by atoms with van der Waals surface area (Å²) in [7, 11) is 0. The van der Waals surface area contributed by atoms with Crippen molar-refractivity contribution in [1.82, 2.24) is 15.0 Å². The molecule has 4 aromatic rings. The molecule has 0 aliphatic heterocycles. The van der Waals surface area contributed by atoms with E-state index in [1.165, 1.54) is 11.1 Å². The second kappa shape index (κ2) is 8.85. The molecule has 0 atom stereocenters. The predicted octanol–water partition coefficient (Wildman–Crippen LogP) is 4.37. The van der Waals surface area contributed by atoms with Crippen molar-refractivity contribution in [2.45, 2.75) is 19.6 Å². The van der Waals surface area contributed by atoms with E-state index in [0.29, 0.717) is 18.7 Å². The second-order valence-corrected chi connectivity index (χ2v) is 6.81. The number of rotatable bonds is 7. The number of nitriles is 1. The molecule has 0 N–H and O–H groups in total. The topological polar surface area (TPSA) is 63.7 Å². The normalized spacial score (nSPS) is 10.4. The molecule has 142 valence electrons. The molecule has 0 aliphatic carbocycles. The molecular weight excluding hydrogens is 360 g/mol. The van der Waals surface area contributed by atoms with Gasteiger partial charge in [0.25, 0.3) is 0 Å². The SMILES string of the molecule is N#Cc1ccc(Cn2cc(COc3ccc(Cc4ccccc4)cc3)nn2)cc1. The van der Waals surface area contributed by atoms with E-state index in [-0.39, 0.29) is 0 Å². The molecule has 1 aromatic heterocycles. The molecule has 0 fully saturated rings. The Labute approximate surface area is 169 Å². The monoisotopic (exact) mass is 380 g/mol. The average molecular weight is 380 g/mol. The molecular formula is C24H20N4O. The van der Waals surface area contributed by atoms with Crippen LogP contribution in [0.3, 0.4) is 0 Å². The van der Waals surface area contributed by atoms with Gasteiger partial charge >= 0.3 is 0 Å². The van der Waals surface area contributed by atoms with Crippen LogP contribution in [-0.2, 0) is 19.6 Å². The molecule has 1 heterocycles.